The number of aromatic carboxylic acids is 1. The molecule has 1 fully saturated rings. The van der Waals surface area contributed by atoms with Gasteiger partial charge in [0, 0.05) is 25.2 Å². The molecule has 2 heterocycles. The maximum atomic E-state index is 11.9. The van der Waals surface area contributed by atoms with E-state index >= 15 is 0 Å². The van der Waals surface area contributed by atoms with Crippen molar-refractivity contribution in [1.82, 2.24) is 15.0 Å². The quantitative estimate of drug-likeness (QED) is 0.662. The molecule has 2 rings (SSSR count). The first-order chi connectivity index (χ1) is 9.38. The summed E-state index contributed by atoms with van der Waals surface area (Å²) in [4.78, 5) is 25.3. The molecule has 8 nitrogen and oxygen atoms in total. The zero-order valence-corrected chi connectivity index (χ0v) is 11.2. The number of pyridine rings is 1. The second-order valence-corrected chi connectivity index (χ2v) is 6.06. The summed E-state index contributed by atoms with van der Waals surface area (Å²) in [6.07, 6.45) is 1.94. The lowest BCUT2D eigenvalue weighted by Crippen LogP contribution is -2.38. The van der Waals surface area contributed by atoms with E-state index in [1.807, 2.05) is 0 Å². The topological polar surface area (TPSA) is 125 Å². The highest BCUT2D eigenvalue weighted by Gasteiger charge is 2.23. The third-order valence-electron chi connectivity index (χ3n) is 2.86. The van der Waals surface area contributed by atoms with Crippen LogP contribution in [0.5, 0.6) is 0 Å². The zero-order chi connectivity index (χ0) is 14.8. The van der Waals surface area contributed by atoms with Crippen molar-refractivity contribution in [3.63, 3.8) is 0 Å². The lowest BCUT2D eigenvalue weighted by atomic mass is 10.2. The van der Waals surface area contributed by atoms with Gasteiger partial charge >= 0.3 is 5.97 Å². The summed E-state index contributed by atoms with van der Waals surface area (Å²) in [5.74, 6) is -1.28. The summed E-state index contributed by atoms with van der Waals surface area (Å²) >= 11 is 0. The van der Waals surface area contributed by atoms with Gasteiger partial charge in [-0.05, 0) is 18.6 Å². The van der Waals surface area contributed by atoms with Crippen LogP contribution >= 0.6 is 0 Å². The number of rotatable bonds is 5. The lowest BCUT2D eigenvalue weighted by Gasteiger charge is -2.11. The zero-order valence-electron chi connectivity index (χ0n) is 10.4. The van der Waals surface area contributed by atoms with E-state index in [9.17, 15) is 18.0 Å². The molecule has 1 aromatic rings. The fourth-order valence-corrected chi connectivity index (χ4v) is 2.79. The van der Waals surface area contributed by atoms with Crippen LogP contribution in [0.2, 0.25) is 0 Å². The van der Waals surface area contributed by atoms with E-state index in [1.165, 1.54) is 6.07 Å². The van der Waals surface area contributed by atoms with Crippen LogP contribution in [0.1, 0.15) is 23.2 Å². The summed E-state index contributed by atoms with van der Waals surface area (Å²) in [5, 5.41) is 11.1. The highest BCUT2D eigenvalue weighted by atomic mass is 32.2. The first-order valence-electron chi connectivity index (χ1n) is 5.87. The van der Waals surface area contributed by atoms with Gasteiger partial charge in [0.05, 0.1) is 5.56 Å². The van der Waals surface area contributed by atoms with E-state index in [0.717, 1.165) is 12.3 Å². The van der Waals surface area contributed by atoms with E-state index in [-0.39, 0.29) is 29.1 Å². The van der Waals surface area contributed by atoms with E-state index in [1.54, 1.807) is 0 Å². The number of hydrogen-bond acceptors (Lipinski definition) is 5. The Morgan fingerprint density at radius 3 is 2.75 bits per heavy atom. The number of sulfonamides is 1. The smallest absolute Gasteiger partial charge is 0.337 e. The predicted molar refractivity (Wildman–Crippen MR) is 67.5 cm³/mol. The number of carboxylic acid groups (broad SMARTS) is 1. The van der Waals surface area contributed by atoms with Gasteiger partial charge in [-0.1, -0.05) is 0 Å². The SMILES string of the molecule is O=C1CCC(CNS(=O)(=O)c2ccc(C(=O)O)cn2)N1. The Morgan fingerprint density at radius 2 is 2.25 bits per heavy atom. The number of carbonyl (C=O) groups excluding carboxylic acids is 1. The Bertz CT molecular complexity index is 626. The number of hydrogen-bond donors (Lipinski definition) is 3. The van der Waals surface area contributed by atoms with E-state index in [4.69, 9.17) is 5.11 Å². The molecule has 0 radical (unpaired) electrons. The van der Waals surface area contributed by atoms with Crippen molar-refractivity contribution in [3.05, 3.63) is 23.9 Å². The molecule has 1 aliphatic rings. The van der Waals surface area contributed by atoms with Crippen molar-refractivity contribution in [2.24, 2.45) is 0 Å². The fraction of sp³-hybridized carbons (Fsp3) is 0.364. The first kappa shape index (κ1) is 14.4. The van der Waals surface area contributed by atoms with Crippen LogP contribution in [0.25, 0.3) is 0 Å². The molecule has 108 valence electrons. The van der Waals surface area contributed by atoms with Crippen molar-refractivity contribution in [2.45, 2.75) is 23.9 Å². The second kappa shape index (κ2) is 5.55. The van der Waals surface area contributed by atoms with Gasteiger partial charge in [-0.15, -0.1) is 0 Å². The number of aromatic nitrogens is 1. The first-order valence-corrected chi connectivity index (χ1v) is 7.35. The number of carbonyl (C=O) groups is 2. The Kier molecular flexibility index (Phi) is 4.00. The van der Waals surface area contributed by atoms with Crippen molar-refractivity contribution in [1.29, 1.82) is 0 Å². The molecule has 0 saturated carbocycles. The van der Waals surface area contributed by atoms with E-state index in [2.05, 4.69) is 15.0 Å². The monoisotopic (exact) mass is 299 g/mol. The summed E-state index contributed by atoms with van der Waals surface area (Å²) in [6, 6.07) is 2.07. The van der Waals surface area contributed by atoms with Crippen molar-refractivity contribution in [2.75, 3.05) is 6.54 Å². The summed E-state index contributed by atoms with van der Waals surface area (Å²) in [5.41, 5.74) is -0.0907. The van der Waals surface area contributed by atoms with Crippen LogP contribution in [0.4, 0.5) is 0 Å². The molecule has 0 aromatic carbocycles. The molecule has 3 N–H and O–H groups in total. The van der Waals surface area contributed by atoms with Crippen LogP contribution in [-0.2, 0) is 14.8 Å². The molecule has 1 aliphatic heterocycles. The predicted octanol–water partition coefficient (Wildman–Crippen LogP) is -0.663. The molecule has 20 heavy (non-hydrogen) atoms. The molecule has 1 amide bonds. The van der Waals surface area contributed by atoms with E-state index < -0.39 is 16.0 Å². The third-order valence-corrected chi connectivity index (χ3v) is 4.20. The fourth-order valence-electron chi connectivity index (χ4n) is 1.78. The normalized spacial score (nSPS) is 18.8. The van der Waals surface area contributed by atoms with Gasteiger partial charge in [0.1, 0.15) is 0 Å². The van der Waals surface area contributed by atoms with Crippen LogP contribution < -0.4 is 10.0 Å². The number of amides is 1. The Morgan fingerprint density at radius 1 is 1.50 bits per heavy atom. The minimum absolute atomic E-state index is 0.0798. The molecular weight excluding hydrogens is 286 g/mol. The van der Waals surface area contributed by atoms with Crippen molar-refractivity contribution < 1.29 is 23.1 Å². The van der Waals surface area contributed by atoms with Gasteiger partial charge in [-0.2, -0.15) is 0 Å². The average Bonchev–Trinajstić information content (AvgIpc) is 2.82. The van der Waals surface area contributed by atoms with E-state index in [0.29, 0.717) is 12.8 Å². The molecule has 0 spiro atoms. The van der Waals surface area contributed by atoms with Crippen LogP contribution in [0.15, 0.2) is 23.4 Å². The molecule has 1 unspecified atom stereocenters. The van der Waals surface area contributed by atoms with Crippen LogP contribution in [-0.4, -0.2) is 43.0 Å². The van der Waals surface area contributed by atoms with Crippen LogP contribution in [0, 0.1) is 0 Å². The molecule has 9 heteroatoms. The molecule has 0 aliphatic carbocycles. The van der Waals surface area contributed by atoms with Gasteiger partial charge in [-0.3, -0.25) is 4.79 Å². The molecule has 1 aromatic heterocycles. The molecule has 1 saturated heterocycles. The molecule has 0 bridgehead atoms. The van der Waals surface area contributed by atoms with Crippen molar-refractivity contribution in [3.8, 4) is 0 Å². The second-order valence-electron chi connectivity index (χ2n) is 4.35. The van der Waals surface area contributed by atoms with Gasteiger partial charge in [0.15, 0.2) is 5.03 Å². The largest absolute Gasteiger partial charge is 0.478 e. The van der Waals surface area contributed by atoms with Gasteiger partial charge in [0.2, 0.25) is 5.91 Å². The highest BCUT2D eigenvalue weighted by molar-refractivity contribution is 7.89. The highest BCUT2D eigenvalue weighted by Crippen LogP contribution is 2.09. The van der Waals surface area contributed by atoms with Gasteiger partial charge < -0.3 is 10.4 Å². The van der Waals surface area contributed by atoms with Crippen LogP contribution in [0.3, 0.4) is 0 Å². The number of nitrogens with zero attached hydrogens (tertiary/aromatic N) is 1. The lowest BCUT2D eigenvalue weighted by molar-refractivity contribution is -0.119. The maximum Gasteiger partial charge on any atom is 0.337 e. The van der Waals surface area contributed by atoms with Gasteiger partial charge in [-0.25, -0.2) is 22.9 Å². The summed E-state index contributed by atoms with van der Waals surface area (Å²) in [7, 11) is -3.81. The Labute approximate surface area is 115 Å². The summed E-state index contributed by atoms with van der Waals surface area (Å²) < 4.78 is 26.2. The maximum absolute atomic E-state index is 11.9. The van der Waals surface area contributed by atoms with Crippen molar-refractivity contribution >= 4 is 21.9 Å². The Hall–Kier alpha value is -2.00. The third kappa shape index (κ3) is 3.31. The minimum atomic E-state index is -3.81. The number of nitrogens with one attached hydrogen (secondary N) is 2. The summed E-state index contributed by atoms with van der Waals surface area (Å²) in [6.45, 7) is 0.0798. The molecule has 1 atom stereocenters. The standard InChI is InChI=1S/C11H13N3O5S/c15-9-3-2-8(14-9)6-13-20(18,19)10-4-1-7(5-12-10)11(16)17/h1,4-5,8,13H,2-3,6H2,(H,14,15)(H,16,17). The Balaban J connectivity index is 2.02. The number of carboxylic acids is 1. The van der Waals surface area contributed by atoms with Gasteiger partial charge in [0.25, 0.3) is 10.0 Å². The molecular formula is C11H13N3O5S. The average molecular weight is 299 g/mol. The minimum Gasteiger partial charge on any atom is -0.478 e.